The summed E-state index contributed by atoms with van der Waals surface area (Å²) in [4.78, 5) is 29.0. The van der Waals surface area contributed by atoms with Gasteiger partial charge in [0.1, 0.15) is 0 Å². The van der Waals surface area contributed by atoms with E-state index in [4.69, 9.17) is 5.11 Å². The molecular formula is C13H16N2O3S. The number of carbonyl (C=O) groups is 2. The van der Waals surface area contributed by atoms with E-state index in [1.807, 2.05) is 6.92 Å². The van der Waals surface area contributed by atoms with Gasteiger partial charge >= 0.3 is 5.97 Å². The number of rotatable bonds is 3. The standard InChI is InChI=1S/C13H16N2O3S/c1-9-2-3-10(7-14-9)13(18)15-4-5-19-8-11(15)6-12(16)17/h2-3,7,11H,4-6,8H2,1H3,(H,16,17). The summed E-state index contributed by atoms with van der Waals surface area (Å²) in [5, 5.41) is 8.91. The van der Waals surface area contributed by atoms with Gasteiger partial charge in [0.15, 0.2) is 0 Å². The Bertz CT molecular complexity index is 475. The molecule has 0 bridgehead atoms. The van der Waals surface area contributed by atoms with Crippen LogP contribution >= 0.6 is 11.8 Å². The molecule has 1 N–H and O–H groups in total. The van der Waals surface area contributed by atoms with Crippen molar-refractivity contribution in [2.24, 2.45) is 0 Å². The summed E-state index contributed by atoms with van der Waals surface area (Å²) in [6, 6.07) is 3.30. The van der Waals surface area contributed by atoms with Crippen molar-refractivity contribution < 1.29 is 14.7 Å². The number of carbonyl (C=O) groups excluding carboxylic acids is 1. The third-order valence-electron chi connectivity index (χ3n) is 3.06. The quantitative estimate of drug-likeness (QED) is 0.906. The fourth-order valence-corrected chi connectivity index (χ4v) is 3.12. The van der Waals surface area contributed by atoms with E-state index in [9.17, 15) is 9.59 Å². The molecule has 2 heterocycles. The summed E-state index contributed by atoms with van der Waals surface area (Å²) in [7, 11) is 0. The summed E-state index contributed by atoms with van der Waals surface area (Å²) in [5.41, 5.74) is 1.38. The number of aromatic nitrogens is 1. The number of nitrogens with zero attached hydrogens (tertiary/aromatic N) is 2. The van der Waals surface area contributed by atoms with Gasteiger partial charge in [-0.3, -0.25) is 14.6 Å². The first-order chi connectivity index (χ1) is 9.08. The van der Waals surface area contributed by atoms with Crippen LogP contribution in [0.1, 0.15) is 22.5 Å². The van der Waals surface area contributed by atoms with Crippen LogP contribution in [-0.2, 0) is 4.79 Å². The highest BCUT2D eigenvalue weighted by atomic mass is 32.2. The van der Waals surface area contributed by atoms with Gasteiger partial charge in [-0.1, -0.05) is 0 Å². The number of hydrogen-bond acceptors (Lipinski definition) is 4. The zero-order valence-corrected chi connectivity index (χ0v) is 11.5. The van der Waals surface area contributed by atoms with Crippen molar-refractivity contribution >= 4 is 23.6 Å². The summed E-state index contributed by atoms with van der Waals surface area (Å²) in [6.07, 6.45) is 1.55. The van der Waals surface area contributed by atoms with Gasteiger partial charge < -0.3 is 10.0 Å². The van der Waals surface area contributed by atoms with Crippen LogP contribution in [0.5, 0.6) is 0 Å². The Morgan fingerprint density at radius 3 is 2.95 bits per heavy atom. The summed E-state index contributed by atoms with van der Waals surface area (Å²) >= 11 is 1.69. The van der Waals surface area contributed by atoms with Gasteiger partial charge in [-0.15, -0.1) is 0 Å². The maximum absolute atomic E-state index is 12.4. The van der Waals surface area contributed by atoms with Gasteiger partial charge in [-0.25, -0.2) is 0 Å². The lowest BCUT2D eigenvalue weighted by Gasteiger charge is -2.34. The Morgan fingerprint density at radius 2 is 2.32 bits per heavy atom. The minimum atomic E-state index is -0.868. The normalized spacial score (nSPS) is 19.2. The average Bonchev–Trinajstić information content (AvgIpc) is 2.39. The molecule has 6 heteroatoms. The van der Waals surface area contributed by atoms with Gasteiger partial charge in [0.05, 0.1) is 18.0 Å². The third kappa shape index (κ3) is 3.47. The molecule has 1 amide bonds. The zero-order valence-electron chi connectivity index (χ0n) is 10.7. The summed E-state index contributed by atoms with van der Waals surface area (Å²) in [6.45, 7) is 2.45. The number of aryl methyl sites for hydroxylation is 1. The molecule has 102 valence electrons. The first-order valence-electron chi connectivity index (χ1n) is 6.11. The van der Waals surface area contributed by atoms with Crippen LogP contribution in [0, 0.1) is 6.92 Å². The van der Waals surface area contributed by atoms with E-state index in [2.05, 4.69) is 4.98 Å². The van der Waals surface area contributed by atoms with Crippen LogP contribution < -0.4 is 0 Å². The average molecular weight is 280 g/mol. The van der Waals surface area contributed by atoms with Gasteiger partial charge in [-0.2, -0.15) is 11.8 Å². The molecular weight excluding hydrogens is 264 g/mol. The molecule has 2 rings (SSSR count). The molecule has 5 nitrogen and oxygen atoms in total. The molecule has 1 saturated heterocycles. The second-order valence-electron chi connectivity index (χ2n) is 4.51. The predicted octanol–water partition coefficient (Wildman–Crippen LogP) is 1.42. The van der Waals surface area contributed by atoms with Gasteiger partial charge in [0.25, 0.3) is 5.91 Å². The largest absolute Gasteiger partial charge is 0.481 e. The Labute approximate surface area is 116 Å². The van der Waals surface area contributed by atoms with E-state index in [0.717, 1.165) is 11.4 Å². The van der Waals surface area contributed by atoms with E-state index in [1.54, 1.807) is 35.0 Å². The molecule has 0 saturated carbocycles. The van der Waals surface area contributed by atoms with E-state index in [1.165, 1.54) is 0 Å². The number of hydrogen-bond donors (Lipinski definition) is 1. The number of thioether (sulfide) groups is 1. The van der Waals surface area contributed by atoms with Crippen molar-refractivity contribution in [3.05, 3.63) is 29.6 Å². The summed E-state index contributed by atoms with van der Waals surface area (Å²) < 4.78 is 0. The first-order valence-corrected chi connectivity index (χ1v) is 7.26. The van der Waals surface area contributed by atoms with Crippen LogP contribution in [-0.4, -0.2) is 51.0 Å². The third-order valence-corrected chi connectivity index (χ3v) is 4.15. The van der Waals surface area contributed by atoms with Gasteiger partial charge in [0, 0.05) is 29.9 Å². The molecule has 1 unspecified atom stereocenters. The lowest BCUT2D eigenvalue weighted by Crippen LogP contribution is -2.47. The molecule has 1 aliphatic rings. The van der Waals surface area contributed by atoms with Crippen molar-refractivity contribution in [2.75, 3.05) is 18.1 Å². The zero-order chi connectivity index (χ0) is 13.8. The van der Waals surface area contributed by atoms with E-state index in [-0.39, 0.29) is 18.4 Å². The first kappa shape index (κ1) is 13.9. The summed E-state index contributed by atoms with van der Waals surface area (Å²) in [5.74, 6) is 0.532. The Morgan fingerprint density at radius 1 is 1.53 bits per heavy atom. The van der Waals surface area contributed by atoms with Crippen LogP contribution in [0.3, 0.4) is 0 Å². The minimum absolute atomic E-state index is 0.00195. The molecule has 19 heavy (non-hydrogen) atoms. The van der Waals surface area contributed by atoms with Crippen LogP contribution in [0.25, 0.3) is 0 Å². The van der Waals surface area contributed by atoms with Crippen molar-refractivity contribution in [3.8, 4) is 0 Å². The van der Waals surface area contributed by atoms with E-state index in [0.29, 0.717) is 17.9 Å². The van der Waals surface area contributed by atoms with Crippen molar-refractivity contribution in [1.82, 2.24) is 9.88 Å². The lowest BCUT2D eigenvalue weighted by molar-refractivity contribution is -0.138. The number of carboxylic acids is 1. The maximum atomic E-state index is 12.4. The lowest BCUT2D eigenvalue weighted by atomic mass is 10.1. The predicted molar refractivity (Wildman–Crippen MR) is 73.4 cm³/mol. The number of amides is 1. The van der Waals surface area contributed by atoms with Gasteiger partial charge in [-0.05, 0) is 19.1 Å². The van der Waals surface area contributed by atoms with Gasteiger partial charge in [0.2, 0.25) is 0 Å². The van der Waals surface area contributed by atoms with E-state index >= 15 is 0 Å². The topological polar surface area (TPSA) is 70.5 Å². The molecule has 1 aliphatic heterocycles. The monoisotopic (exact) mass is 280 g/mol. The Balaban J connectivity index is 2.15. The molecule has 1 fully saturated rings. The molecule has 1 atom stereocenters. The second kappa shape index (κ2) is 6.06. The molecule has 1 aromatic heterocycles. The van der Waals surface area contributed by atoms with Crippen LogP contribution in [0.15, 0.2) is 18.3 Å². The molecule has 1 aromatic rings. The molecule has 0 aromatic carbocycles. The SMILES string of the molecule is Cc1ccc(C(=O)N2CCSCC2CC(=O)O)cn1. The molecule has 0 aliphatic carbocycles. The van der Waals surface area contributed by atoms with Crippen molar-refractivity contribution in [3.63, 3.8) is 0 Å². The highest BCUT2D eigenvalue weighted by Crippen LogP contribution is 2.21. The number of carboxylic acid groups (broad SMARTS) is 1. The van der Waals surface area contributed by atoms with Crippen molar-refractivity contribution in [1.29, 1.82) is 0 Å². The van der Waals surface area contributed by atoms with Crippen molar-refractivity contribution in [2.45, 2.75) is 19.4 Å². The fraction of sp³-hybridized carbons (Fsp3) is 0.462. The molecule has 0 spiro atoms. The van der Waals surface area contributed by atoms with Crippen LogP contribution in [0.4, 0.5) is 0 Å². The number of aliphatic carboxylic acids is 1. The highest BCUT2D eigenvalue weighted by molar-refractivity contribution is 7.99. The number of pyridine rings is 1. The van der Waals surface area contributed by atoms with Crippen LogP contribution in [0.2, 0.25) is 0 Å². The molecule has 0 radical (unpaired) electrons. The smallest absolute Gasteiger partial charge is 0.305 e. The highest BCUT2D eigenvalue weighted by Gasteiger charge is 2.29. The fourth-order valence-electron chi connectivity index (χ4n) is 2.05. The Kier molecular flexibility index (Phi) is 4.42. The maximum Gasteiger partial charge on any atom is 0.305 e. The second-order valence-corrected chi connectivity index (χ2v) is 5.66. The Hall–Kier alpha value is -1.56. The van der Waals surface area contributed by atoms with E-state index < -0.39 is 5.97 Å². The minimum Gasteiger partial charge on any atom is -0.481 e.